The number of hydroxylamine groups is 2. The fraction of sp³-hybridized carbons (Fsp3) is 0.600. The lowest BCUT2D eigenvalue weighted by Gasteiger charge is -2.31. The van der Waals surface area contributed by atoms with Crippen LogP contribution in [0.15, 0.2) is 23.1 Å². The Morgan fingerprint density at radius 1 is 1.07 bits per heavy atom. The van der Waals surface area contributed by atoms with E-state index in [0.29, 0.717) is 5.56 Å². The second-order valence-corrected chi connectivity index (χ2v) is 9.63. The monoisotopic (exact) mass is 444 g/mol. The number of hydrogen-bond acceptors (Lipinski definition) is 7. The number of amides is 2. The van der Waals surface area contributed by atoms with Gasteiger partial charge in [0.2, 0.25) is 9.84 Å². The molecule has 0 bridgehead atoms. The third kappa shape index (κ3) is 5.85. The van der Waals surface area contributed by atoms with Crippen molar-refractivity contribution in [2.24, 2.45) is 5.92 Å². The Hall–Kier alpha value is -2.33. The molecular weight excluding hydrogens is 412 g/mol. The molecule has 0 aliphatic carbocycles. The summed E-state index contributed by atoms with van der Waals surface area (Å²) in [5.74, 6) is -0.860. The highest BCUT2D eigenvalue weighted by atomic mass is 32.2. The molecule has 0 saturated heterocycles. The topological polar surface area (TPSA) is 111 Å². The fourth-order valence-corrected chi connectivity index (χ4v) is 4.44. The third-order valence-corrected chi connectivity index (χ3v) is 6.45. The molecule has 10 heteroatoms. The molecule has 170 valence electrons. The Balaban J connectivity index is 3.27. The van der Waals surface area contributed by atoms with Crippen LogP contribution in [0.5, 0.6) is 5.75 Å². The number of nitrogens with one attached hydrogen (secondary N) is 1. The molecule has 2 atom stereocenters. The second-order valence-electron chi connectivity index (χ2n) is 7.42. The first-order valence-electron chi connectivity index (χ1n) is 9.60. The maximum Gasteiger partial charge on any atom is 0.408 e. The molecule has 0 radical (unpaired) electrons. The summed E-state index contributed by atoms with van der Waals surface area (Å²) in [6, 6.07) is 3.68. The largest absolute Gasteiger partial charge is 0.495 e. The van der Waals surface area contributed by atoms with Crippen molar-refractivity contribution in [1.29, 1.82) is 0 Å². The predicted molar refractivity (Wildman–Crippen MR) is 112 cm³/mol. The molecule has 1 rings (SSSR count). The number of methoxy groups -OCH3 is 1. The molecule has 2 amide bonds. The minimum absolute atomic E-state index is 0.0550. The van der Waals surface area contributed by atoms with Gasteiger partial charge in [0, 0.05) is 0 Å². The van der Waals surface area contributed by atoms with Gasteiger partial charge in [-0.05, 0) is 45.2 Å². The minimum atomic E-state index is -4.06. The summed E-state index contributed by atoms with van der Waals surface area (Å²) in [6.45, 7) is 9.85. The van der Waals surface area contributed by atoms with E-state index in [-0.39, 0.29) is 22.7 Å². The molecule has 0 heterocycles. The van der Waals surface area contributed by atoms with Crippen LogP contribution < -0.4 is 10.1 Å². The summed E-state index contributed by atoms with van der Waals surface area (Å²) >= 11 is 0. The van der Waals surface area contributed by atoms with Gasteiger partial charge in [0.15, 0.2) is 5.37 Å². The van der Waals surface area contributed by atoms with Gasteiger partial charge in [-0.1, -0.05) is 26.0 Å². The zero-order chi connectivity index (χ0) is 23.2. The van der Waals surface area contributed by atoms with E-state index in [1.54, 1.807) is 46.8 Å². The van der Waals surface area contributed by atoms with Crippen molar-refractivity contribution >= 4 is 21.8 Å². The highest BCUT2D eigenvalue weighted by Gasteiger charge is 2.39. The summed E-state index contributed by atoms with van der Waals surface area (Å²) in [7, 11) is -1.48. The van der Waals surface area contributed by atoms with Gasteiger partial charge in [0.1, 0.15) is 16.7 Å². The first-order valence-corrected chi connectivity index (χ1v) is 11.1. The molecule has 0 spiro atoms. The molecule has 1 N–H and O–H groups in total. The number of alkyl carbamates (subject to hydrolysis) is 1. The van der Waals surface area contributed by atoms with E-state index in [1.807, 2.05) is 0 Å². The normalized spacial score (nSPS) is 13.7. The van der Waals surface area contributed by atoms with Crippen molar-refractivity contribution in [2.75, 3.05) is 14.2 Å². The molecule has 2 unspecified atom stereocenters. The van der Waals surface area contributed by atoms with Crippen molar-refractivity contribution in [3.05, 3.63) is 23.8 Å². The zero-order valence-corrected chi connectivity index (χ0v) is 19.6. The molecular formula is C20H32N2O7S. The number of carbonyl (C=O) groups is 2. The molecule has 0 aliphatic heterocycles. The van der Waals surface area contributed by atoms with Gasteiger partial charge in [-0.15, -0.1) is 0 Å². The first-order chi connectivity index (χ1) is 13.9. The zero-order valence-electron chi connectivity index (χ0n) is 18.8. The Bertz CT molecular complexity index is 853. The Morgan fingerprint density at radius 2 is 1.67 bits per heavy atom. The predicted octanol–water partition coefficient (Wildman–Crippen LogP) is 2.67. The summed E-state index contributed by atoms with van der Waals surface area (Å²) in [5, 5.41) is 1.86. The van der Waals surface area contributed by atoms with Crippen molar-refractivity contribution in [3.63, 3.8) is 0 Å². The smallest absolute Gasteiger partial charge is 0.408 e. The fourth-order valence-electron chi connectivity index (χ4n) is 2.86. The summed E-state index contributed by atoms with van der Waals surface area (Å²) in [5.41, 5.74) is 0.638. The molecule has 0 aromatic heterocycles. The van der Waals surface area contributed by atoms with Crippen molar-refractivity contribution < 1.29 is 32.3 Å². The van der Waals surface area contributed by atoms with E-state index in [0.717, 1.165) is 5.06 Å². The van der Waals surface area contributed by atoms with Gasteiger partial charge in [-0.25, -0.2) is 18.3 Å². The molecule has 1 aromatic rings. The lowest BCUT2D eigenvalue weighted by Crippen LogP contribution is -2.54. The van der Waals surface area contributed by atoms with Crippen LogP contribution in [0.25, 0.3) is 0 Å². The number of benzene rings is 1. The van der Waals surface area contributed by atoms with Crippen LogP contribution >= 0.6 is 0 Å². The highest BCUT2D eigenvalue weighted by molar-refractivity contribution is 7.92. The van der Waals surface area contributed by atoms with Crippen molar-refractivity contribution in [2.45, 2.75) is 64.0 Å². The van der Waals surface area contributed by atoms with E-state index in [2.05, 4.69) is 5.32 Å². The van der Waals surface area contributed by atoms with Gasteiger partial charge in [0.05, 0.1) is 20.3 Å². The lowest BCUT2D eigenvalue weighted by atomic mass is 10.0. The van der Waals surface area contributed by atoms with Gasteiger partial charge < -0.3 is 14.8 Å². The van der Waals surface area contributed by atoms with E-state index in [4.69, 9.17) is 14.3 Å². The molecule has 1 aromatic carbocycles. The number of hydrogen-bond donors (Lipinski definition) is 1. The molecule has 9 nitrogen and oxygen atoms in total. The van der Waals surface area contributed by atoms with Gasteiger partial charge in [-0.3, -0.25) is 9.63 Å². The summed E-state index contributed by atoms with van der Waals surface area (Å²) in [4.78, 5) is 30.2. The summed E-state index contributed by atoms with van der Waals surface area (Å²) in [6.07, 6.45) is -1.15. The van der Waals surface area contributed by atoms with Crippen LogP contribution in [0.1, 0.15) is 40.2 Å². The number of rotatable bonds is 9. The van der Waals surface area contributed by atoms with Gasteiger partial charge in [-0.2, -0.15) is 0 Å². The number of nitrogens with zero attached hydrogens (tertiary/aromatic N) is 1. The number of ether oxygens (including phenoxy) is 2. The third-order valence-electron chi connectivity index (χ3n) is 4.43. The number of carbonyl (C=O) groups excluding carboxylic acids is 2. The molecule has 30 heavy (non-hydrogen) atoms. The van der Waals surface area contributed by atoms with Crippen molar-refractivity contribution in [3.8, 4) is 5.75 Å². The Labute approximate surface area is 178 Å². The van der Waals surface area contributed by atoms with Crippen LogP contribution in [0.3, 0.4) is 0 Å². The minimum Gasteiger partial charge on any atom is -0.495 e. The van der Waals surface area contributed by atoms with E-state index < -0.39 is 33.3 Å². The average molecular weight is 445 g/mol. The van der Waals surface area contributed by atoms with Crippen molar-refractivity contribution in [1.82, 2.24) is 10.4 Å². The first kappa shape index (κ1) is 25.7. The Morgan fingerprint density at radius 3 is 2.13 bits per heavy atom. The number of aryl methyl sites for hydroxylation is 1. The number of sulfone groups is 1. The van der Waals surface area contributed by atoms with Gasteiger partial charge in [0.25, 0.3) is 5.91 Å². The maximum atomic E-state index is 13.3. The highest BCUT2D eigenvalue weighted by Crippen LogP contribution is 2.31. The Kier molecular flexibility index (Phi) is 9.10. The van der Waals surface area contributed by atoms with Crippen LogP contribution in [0.4, 0.5) is 4.79 Å². The molecule has 0 fully saturated rings. The maximum absolute atomic E-state index is 13.3. The lowest BCUT2D eigenvalue weighted by molar-refractivity contribution is -0.182. The SMILES string of the molecule is COc1c(C)cccc1S(=O)(=O)C(C)N(OC)C(=O)C(NC(=O)OC(C)C)C(C)C. The van der Waals surface area contributed by atoms with E-state index in [1.165, 1.54) is 27.2 Å². The van der Waals surface area contributed by atoms with Crippen LogP contribution in [0.2, 0.25) is 0 Å². The van der Waals surface area contributed by atoms with Crippen LogP contribution in [0, 0.1) is 12.8 Å². The second kappa shape index (κ2) is 10.6. The van der Waals surface area contributed by atoms with E-state index >= 15 is 0 Å². The number of para-hydroxylation sites is 1. The molecule has 0 aliphatic rings. The van der Waals surface area contributed by atoms with Crippen LogP contribution in [-0.4, -0.2) is 57.2 Å². The molecule has 0 saturated carbocycles. The standard InChI is InChI=1S/C20H32N2O7S/c1-12(2)17(21-20(24)29-13(3)4)19(23)22(28-8)15(6)30(25,26)16-11-9-10-14(5)18(16)27-7/h9-13,15,17H,1-8H3,(H,21,24). The van der Waals surface area contributed by atoms with E-state index in [9.17, 15) is 18.0 Å². The summed E-state index contributed by atoms with van der Waals surface area (Å²) < 4.78 is 36.8. The quantitative estimate of drug-likeness (QED) is 0.583. The van der Waals surface area contributed by atoms with Crippen LogP contribution in [-0.2, 0) is 24.2 Å². The van der Waals surface area contributed by atoms with Gasteiger partial charge >= 0.3 is 6.09 Å². The average Bonchev–Trinajstić information content (AvgIpc) is 2.65.